The molecule has 0 fully saturated rings. The Labute approximate surface area is 112 Å². The van der Waals surface area contributed by atoms with Gasteiger partial charge in [0, 0.05) is 29.7 Å². The van der Waals surface area contributed by atoms with Gasteiger partial charge in [-0.3, -0.25) is 0 Å². The SMILES string of the molecule is CCC(NCc1ccnc(OC)c1)c1cccs1. The second-order valence-corrected chi connectivity index (χ2v) is 5.04. The lowest BCUT2D eigenvalue weighted by Gasteiger charge is -2.15. The molecule has 4 heteroatoms. The van der Waals surface area contributed by atoms with E-state index in [0.29, 0.717) is 11.9 Å². The molecule has 2 rings (SSSR count). The van der Waals surface area contributed by atoms with Crippen LogP contribution in [0.1, 0.15) is 29.8 Å². The molecule has 1 N–H and O–H groups in total. The van der Waals surface area contributed by atoms with Gasteiger partial charge in [-0.1, -0.05) is 13.0 Å². The van der Waals surface area contributed by atoms with Gasteiger partial charge >= 0.3 is 0 Å². The second-order valence-electron chi connectivity index (χ2n) is 4.06. The topological polar surface area (TPSA) is 34.2 Å². The molecule has 0 aliphatic heterocycles. The van der Waals surface area contributed by atoms with E-state index in [9.17, 15) is 0 Å². The molecule has 96 valence electrons. The van der Waals surface area contributed by atoms with Crippen molar-refractivity contribution in [1.29, 1.82) is 0 Å². The molecule has 0 aliphatic rings. The van der Waals surface area contributed by atoms with E-state index >= 15 is 0 Å². The van der Waals surface area contributed by atoms with Crippen LogP contribution in [0.3, 0.4) is 0 Å². The highest BCUT2D eigenvalue weighted by molar-refractivity contribution is 7.10. The minimum Gasteiger partial charge on any atom is -0.481 e. The Morgan fingerprint density at radius 1 is 1.44 bits per heavy atom. The van der Waals surface area contributed by atoms with E-state index in [-0.39, 0.29) is 0 Å². The Kier molecular flexibility index (Phi) is 4.73. The van der Waals surface area contributed by atoms with Gasteiger partial charge in [0.05, 0.1) is 7.11 Å². The van der Waals surface area contributed by atoms with Gasteiger partial charge in [-0.2, -0.15) is 0 Å². The molecule has 2 aromatic heterocycles. The number of thiophene rings is 1. The zero-order valence-corrected chi connectivity index (χ0v) is 11.5. The summed E-state index contributed by atoms with van der Waals surface area (Å²) in [7, 11) is 1.64. The summed E-state index contributed by atoms with van der Waals surface area (Å²) >= 11 is 1.80. The fraction of sp³-hybridized carbons (Fsp3) is 0.357. The van der Waals surface area contributed by atoms with Gasteiger partial charge in [-0.05, 0) is 29.5 Å². The van der Waals surface area contributed by atoms with Crippen molar-refractivity contribution in [2.24, 2.45) is 0 Å². The maximum absolute atomic E-state index is 5.12. The fourth-order valence-corrected chi connectivity index (χ4v) is 2.73. The van der Waals surface area contributed by atoms with Crippen LogP contribution >= 0.6 is 11.3 Å². The number of hydrogen-bond acceptors (Lipinski definition) is 4. The minimum absolute atomic E-state index is 0.421. The molecule has 2 heterocycles. The van der Waals surface area contributed by atoms with E-state index in [1.54, 1.807) is 24.6 Å². The van der Waals surface area contributed by atoms with Crippen LogP contribution in [-0.2, 0) is 6.54 Å². The first-order valence-electron chi connectivity index (χ1n) is 6.09. The lowest BCUT2D eigenvalue weighted by Crippen LogP contribution is -2.19. The Morgan fingerprint density at radius 3 is 3.00 bits per heavy atom. The number of rotatable bonds is 6. The van der Waals surface area contributed by atoms with Crippen molar-refractivity contribution >= 4 is 11.3 Å². The molecule has 0 bridgehead atoms. The second kappa shape index (κ2) is 6.52. The van der Waals surface area contributed by atoms with Crippen LogP contribution < -0.4 is 10.1 Å². The maximum Gasteiger partial charge on any atom is 0.213 e. The zero-order chi connectivity index (χ0) is 12.8. The summed E-state index contributed by atoms with van der Waals surface area (Å²) in [6.45, 7) is 3.03. The third kappa shape index (κ3) is 3.31. The summed E-state index contributed by atoms with van der Waals surface area (Å²) in [5, 5.41) is 5.69. The van der Waals surface area contributed by atoms with Crippen LogP contribution in [0, 0.1) is 0 Å². The van der Waals surface area contributed by atoms with E-state index in [1.807, 2.05) is 12.1 Å². The number of nitrogens with zero attached hydrogens (tertiary/aromatic N) is 1. The molecular formula is C14H18N2OS. The molecule has 0 amide bonds. The first-order chi connectivity index (χ1) is 8.83. The van der Waals surface area contributed by atoms with Crippen LogP contribution in [0.5, 0.6) is 5.88 Å². The maximum atomic E-state index is 5.12. The molecule has 18 heavy (non-hydrogen) atoms. The Balaban J connectivity index is 1.97. The van der Waals surface area contributed by atoms with E-state index in [1.165, 1.54) is 10.4 Å². The summed E-state index contributed by atoms with van der Waals surface area (Å²) in [6, 6.07) is 8.67. The van der Waals surface area contributed by atoms with Crippen LogP contribution in [0.15, 0.2) is 35.8 Å². The lowest BCUT2D eigenvalue weighted by atomic mass is 10.1. The van der Waals surface area contributed by atoms with E-state index in [2.05, 4.69) is 34.7 Å². The third-order valence-electron chi connectivity index (χ3n) is 2.86. The third-order valence-corrected chi connectivity index (χ3v) is 3.84. The average Bonchev–Trinajstić information content (AvgIpc) is 2.94. The van der Waals surface area contributed by atoms with Crippen LogP contribution in [0.2, 0.25) is 0 Å². The molecule has 2 aromatic rings. The predicted octanol–water partition coefficient (Wildman–Crippen LogP) is 3.39. The standard InChI is InChI=1S/C14H18N2OS/c1-3-12(13-5-4-8-18-13)16-10-11-6-7-15-14(9-11)17-2/h4-9,12,16H,3,10H2,1-2H3. The first kappa shape index (κ1) is 13.1. The van der Waals surface area contributed by atoms with Gasteiger partial charge < -0.3 is 10.1 Å². The number of nitrogens with one attached hydrogen (secondary N) is 1. The highest BCUT2D eigenvalue weighted by Gasteiger charge is 2.09. The molecule has 3 nitrogen and oxygen atoms in total. The fourth-order valence-electron chi connectivity index (χ4n) is 1.85. The van der Waals surface area contributed by atoms with Crippen molar-refractivity contribution in [2.75, 3.05) is 7.11 Å². The Hall–Kier alpha value is -1.39. The van der Waals surface area contributed by atoms with Crippen molar-refractivity contribution in [3.05, 3.63) is 46.3 Å². The largest absolute Gasteiger partial charge is 0.481 e. The summed E-state index contributed by atoms with van der Waals surface area (Å²) in [5.74, 6) is 0.665. The summed E-state index contributed by atoms with van der Waals surface area (Å²) < 4.78 is 5.12. The average molecular weight is 262 g/mol. The van der Waals surface area contributed by atoms with Crippen LogP contribution in [0.25, 0.3) is 0 Å². The van der Waals surface area contributed by atoms with Gasteiger partial charge in [0.1, 0.15) is 0 Å². The van der Waals surface area contributed by atoms with Crippen molar-refractivity contribution in [3.8, 4) is 5.88 Å². The molecule has 0 spiro atoms. The first-order valence-corrected chi connectivity index (χ1v) is 6.97. The smallest absolute Gasteiger partial charge is 0.213 e. The minimum atomic E-state index is 0.421. The molecule has 0 aromatic carbocycles. The monoisotopic (exact) mass is 262 g/mol. The summed E-state index contributed by atoms with van der Waals surface area (Å²) in [6.07, 6.45) is 2.87. The number of aromatic nitrogens is 1. The number of methoxy groups -OCH3 is 1. The molecule has 0 saturated heterocycles. The van der Waals surface area contributed by atoms with Crippen molar-refractivity contribution in [1.82, 2.24) is 10.3 Å². The molecule has 1 atom stereocenters. The van der Waals surface area contributed by atoms with E-state index < -0.39 is 0 Å². The molecule has 1 unspecified atom stereocenters. The van der Waals surface area contributed by atoms with E-state index in [4.69, 9.17) is 4.74 Å². The van der Waals surface area contributed by atoms with Gasteiger partial charge in [-0.15, -0.1) is 11.3 Å². The highest BCUT2D eigenvalue weighted by atomic mass is 32.1. The van der Waals surface area contributed by atoms with Crippen molar-refractivity contribution < 1.29 is 4.74 Å². The number of pyridine rings is 1. The highest BCUT2D eigenvalue weighted by Crippen LogP contribution is 2.22. The molecular weight excluding hydrogens is 244 g/mol. The van der Waals surface area contributed by atoms with Gasteiger partial charge in [-0.25, -0.2) is 4.98 Å². The molecule has 0 radical (unpaired) electrons. The van der Waals surface area contributed by atoms with Crippen molar-refractivity contribution in [2.45, 2.75) is 25.9 Å². The summed E-state index contributed by atoms with van der Waals surface area (Å²) in [4.78, 5) is 5.49. The Morgan fingerprint density at radius 2 is 2.33 bits per heavy atom. The van der Waals surface area contributed by atoms with Crippen LogP contribution in [0.4, 0.5) is 0 Å². The quantitative estimate of drug-likeness (QED) is 0.866. The van der Waals surface area contributed by atoms with Crippen molar-refractivity contribution in [3.63, 3.8) is 0 Å². The lowest BCUT2D eigenvalue weighted by molar-refractivity contribution is 0.396. The molecule has 0 saturated carbocycles. The predicted molar refractivity (Wildman–Crippen MR) is 75.0 cm³/mol. The summed E-state index contributed by atoms with van der Waals surface area (Å²) in [5.41, 5.74) is 1.19. The Bertz CT molecular complexity index is 470. The number of ether oxygens (including phenoxy) is 1. The molecule has 0 aliphatic carbocycles. The van der Waals surface area contributed by atoms with Gasteiger partial charge in [0.2, 0.25) is 5.88 Å². The van der Waals surface area contributed by atoms with Crippen LogP contribution in [-0.4, -0.2) is 12.1 Å². The van der Waals surface area contributed by atoms with Gasteiger partial charge in [0.15, 0.2) is 0 Å². The number of hydrogen-bond donors (Lipinski definition) is 1. The van der Waals surface area contributed by atoms with Gasteiger partial charge in [0.25, 0.3) is 0 Å². The normalized spacial score (nSPS) is 12.3. The zero-order valence-electron chi connectivity index (χ0n) is 10.7. The van der Waals surface area contributed by atoms with E-state index in [0.717, 1.165) is 13.0 Å².